The van der Waals surface area contributed by atoms with Gasteiger partial charge in [0.1, 0.15) is 23.9 Å². The molecule has 10 nitrogen and oxygen atoms in total. The van der Waals surface area contributed by atoms with Gasteiger partial charge in [-0.25, -0.2) is 9.48 Å². The Balaban J connectivity index is 1.84. The van der Waals surface area contributed by atoms with Crippen LogP contribution in [0, 0.1) is 13.8 Å². The van der Waals surface area contributed by atoms with Crippen molar-refractivity contribution in [1.82, 2.24) is 14.7 Å². The minimum Gasteiger partial charge on any atom is -0.497 e. The number of hydrogen-bond acceptors (Lipinski definition) is 6. The molecule has 0 atom stereocenters. The molecule has 10 heteroatoms. The van der Waals surface area contributed by atoms with Crippen LogP contribution in [0.3, 0.4) is 0 Å². The number of carbonyl (C=O) groups excluding carboxylic acids is 2. The van der Waals surface area contributed by atoms with Crippen LogP contribution in [0.4, 0.5) is 16.3 Å². The molecule has 0 bridgehead atoms. The van der Waals surface area contributed by atoms with E-state index in [4.69, 9.17) is 19.3 Å². The van der Waals surface area contributed by atoms with Gasteiger partial charge in [-0.3, -0.25) is 4.79 Å². The minimum absolute atomic E-state index is 0.198. The van der Waals surface area contributed by atoms with Gasteiger partial charge in [0.05, 0.1) is 37.9 Å². The summed E-state index contributed by atoms with van der Waals surface area (Å²) in [5.74, 6) is 1.19. The van der Waals surface area contributed by atoms with E-state index in [0.29, 0.717) is 23.0 Å². The van der Waals surface area contributed by atoms with Crippen molar-refractivity contribution < 1.29 is 23.8 Å². The fraction of sp³-hybridized carbons (Fsp3) is 0.414. The maximum Gasteiger partial charge on any atom is 0.322 e. The fourth-order valence-electron chi connectivity index (χ4n) is 3.97. The van der Waals surface area contributed by atoms with Crippen LogP contribution in [0.1, 0.15) is 37.6 Å². The number of methoxy groups -OCH3 is 3. The highest BCUT2D eigenvalue weighted by atomic mass is 16.5. The van der Waals surface area contributed by atoms with E-state index >= 15 is 0 Å². The number of nitrogens with zero attached hydrogens (tertiary/aromatic N) is 3. The van der Waals surface area contributed by atoms with Crippen LogP contribution in [0.5, 0.6) is 11.5 Å². The van der Waals surface area contributed by atoms with Gasteiger partial charge in [0, 0.05) is 31.2 Å². The van der Waals surface area contributed by atoms with Gasteiger partial charge < -0.3 is 29.7 Å². The highest BCUT2D eigenvalue weighted by Crippen LogP contribution is 2.30. The van der Waals surface area contributed by atoms with Crippen LogP contribution < -0.4 is 20.1 Å². The van der Waals surface area contributed by atoms with Gasteiger partial charge in [-0.15, -0.1) is 0 Å². The summed E-state index contributed by atoms with van der Waals surface area (Å²) < 4.78 is 17.5. The second-order valence-corrected chi connectivity index (χ2v) is 10.3. The number of rotatable bonds is 10. The molecule has 0 fully saturated rings. The number of aryl methyl sites for hydroxylation is 2. The van der Waals surface area contributed by atoms with Crippen molar-refractivity contribution in [1.29, 1.82) is 0 Å². The van der Waals surface area contributed by atoms with E-state index in [1.54, 1.807) is 37.1 Å². The first-order chi connectivity index (χ1) is 18.5. The molecule has 0 aliphatic heterocycles. The van der Waals surface area contributed by atoms with E-state index in [-0.39, 0.29) is 31.0 Å². The van der Waals surface area contributed by atoms with Gasteiger partial charge in [-0.05, 0) is 37.6 Å². The maximum absolute atomic E-state index is 13.3. The average Bonchev–Trinajstić information content (AvgIpc) is 3.30. The Morgan fingerprint density at radius 1 is 0.974 bits per heavy atom. The molecule has 2 N–H and O–H groups in total. The molecule has 0 aliphatic rings. The fourth-order valence-corrected chi connectivity index (χ4v) is 3.97. The first-order valence-electron chi connectivity index (χ1n) is 12.7. The van der Waals surface area contributed by atoms with Gasteiger partial charge in [-0.1, -0.05) is 38.5 Å². The predicted octanol–water partition coefficient (Wildman–Crippen LogP) is 4.92. The average molecular weight is 538 g/mol. The molecule has 1 heterocycles. The SMILES string of the molecule is COCCN(CC(=O)Nc1cc(C(C)(C)C)nn1-c1ccc(C)cc1C)C(=O)Nc1ccc(OC)cc1OC. The molecule has 0 saturated carbocycles. The monoisotopic (exact) mass is 537 g/mol. The zero-order valence-electron chi connectivity index (χ0n) is 24.0. The number of carbonyl (C=O) groups is 2. The van der Waals surface area contributed by atoms with Gasteiger partial charge in [-0.2, -0.15) is 5.10 Å². The molecule has 3 rings (SSSR count). The molecular weight excluding hydrogens is 498 g/mol. The lowest BCUT2D eigenvalue weighted by molar-refractivity contribution is -0.116. The number of anilines is 2. The predicted molar refractivity (Wildman–Crippen MR) is 152 cm³/mol. The Kier molecular flexibility index (Phi) is 9.58. The highest BCUT2D eigenvalue weighted by molar-refractivity contribution is 5.97. The smallest absolute Gasteiger partial charge is 0.322 e. The van der Waals surface area contributed by atoms with Gasteiger partial charge in [0.25, 0.3) is 0 Å². The maximum atomic E-state index is 13.3. The number of amides is 3. The summed E-state index contributed by atoms with van der Waals surface area (Å²) in [4.78, 5) is 27.9. The zero-order valence-corrected chi connectivity index (χ0v) is 24.0. The topological polar surface area (TPSA) is 107 Å². The molecule has 3 aromatic rings. The summed E-state index contributed by atoms with van der Waals surface area (Å²) in [7, 11) is 4.60. The van der Waals surface area contributed by atoms with Crippen molar-refractivity contribution in [2.75, 3.05) is 51.7 Å². The molecule has 0 radical (unpaired) electrons. The van der Waals surface area contributed by atoms with E-state index in [1.165, 1.54) is 12.0 Å². The summed E-state index contributed by atoms with van der Waals surface area (Å²) in [5, 5.41) is 10.6. The summed E-state index contributed by atoms with van der Waals surface area (Å²) in [6, 6.07) is 12.5. The van der Waals surface area contributed by atoms with Crippen molar-refractivity contribution >= 4 is 23.4 Å². The lowest BCUT2D eigenvalue weighted by atomic mass is 9.92. The minimum atomic E-state index is -0.469. The van der Waals surface area contributed by atoms with E-state index in [0.717, 1.165) is 22.5 Å². The molecule has 210 valence electrons. The molecule has 0 spiro atoms. The molecule has 39 heavy (non-hydrogen) atoms. The second kappa shape index (κ2) is 12.7. The van der Waals surface area contributed by atoms with Crippen LogP contribution in [-0.2, 0) is 14.9 Å². The summed E-state index contributed by atoms with van der Waals surface area (Å²) in [6.07, 6.45) is 0. The Bertz CT molecular complexity index is 1310. The Hall–Kier alpha value is -4.05. The van der Waals surface area contributed by atoms with E-state index in [2.05, 4.69) is 37.5 Å². The molecule has 0 unspecified atom stereocenters. The van der Waals surface area contributed by atoms with Crippen LogP contribution in [0.2, 0.25) is 0 Å². The summed E-state index contributed by atoms with van der Waals surface area (Å²) >= 11 is 0. The normalized spacial score (nSPS) is 11.2. The summed E-state index contributed by atoms with van der Waals surface area (Å²) in [5.41, 5.74) is 4.09. The third-order valence-corrected chi connectivity index (χ3v) is 6.16. The zero-order chi connectivity index (χ0) is 28.7. The van der Waals surface area contributed by atoms with Crippen molar-refractivity contribution in [3.8, 4) is 17.2 Å². The lowest BCUT2D eigenvalue weighted by Crippen LogP contribution is -2.42. The van der Waals surface area contributed by atoms with Crippen LogP contribution >= 0.6 is 0 Å². The van der Waals surface area contributed by atoms with Gasteiger partial charge >= 0.3 is 6.03 Å². The Morgan fingerprint density at radius 3 is 2.33 bits per heavy atom. The van der Waals surface area contributed by atoms with Crippen LogP contribution in [0.25, 0.3) is 5.69 Å². The Labute approximate surface area is 230 Å². The third-order valence-electron chi connectivity index (χ3n) is 6.16. The van der Waals surface area contributed by atoms with Gasteiger partial charge in [0.15, 0.2) is 0 Å². The van der Waals surface area contributed by atoms with Crippen LogP contribution in [-0.4, -0.2) is 67.6 Å². The van der Waals surface area contributed by atoms with E-state index in [9.17, 15) is 9.59 Å². The number of ether oxygens (including phenoxy) is 3. The third kappa shape index (κ3) is 7.51. The first kappa shape index (κ1) is 29.5. The van der Waals surface area contributed by atoms with Crippen molar-refractivity contribution in [2.24, 2.45) is 0 Å². The number of aromatic nitrogens is 2. The number of benzene rings is 2. The highest BCUT2D eigenvalue weighted by Gasteiger charge is 2.24. The number of nitrogens with one attached hydrogen (secondary N) is 2. The lowest BCUT2D eigenvalue weighted by Gasteiger charge is -2.23. The molecule has 3 amide bonds. The van der Waals surface area contributed by atoms with Crippen molar-refractivity contribution in [2.45, 2.75) is 40.0 Å². The van der Waals surface area contributed by atoms with Crippen LogP contribution in [0.15, 0.2) is 42.5 Å². The second-order valence-electron chi connectivity index (χ2n) is 10.3. The molecule has 0 aliphatic carbocycles. The first-order valence-corrected chi connectivity index (χ1v) is 12.7. The van der Waals surface area contributed by atoms with E-state index < -0.39 is 6.03 Å². The molecular formula is C29H39N5O5. The largest absolute Gasteiger partial charge is 0.497 e. The quantitative estimate of drug-likeness (QED) is 0.380. The number of hydrogen-bond donors (Lipinski definition) is 2. The van der Waals surface area contributed by atoms with Crippen molar-refractivity contribution in [3.05, 3.63) is 59.3 Å². The molecule has 2 aromatic carbocycles. The Morgan fingerprint density at radius 2 is 1.72 bits per heavy atom. The molecule has 1 aromatic heterocycles. The summed E-state index contributed by atoms with van der Waals surface area (Å²) in [6.45, 7) is 10.5. The standard InChI is InChI=1S/C29H39N5O5/c1-19-9-12-23(20(2)15-19)34-26(17-25(32-34)29(3,4)5)31-27(35)18-33(13-14-37-6)28(36)30-22-11-10-21(38-7)16-24(22)39-8/h9-12,15-17H,13-14,18H2,1-8H3,(H,30,36)(H,31,35). The van der Waals surface area contributed by atoms with E-state index in [1.807, 2.05) is 32.0 Å². The molecule has 0 saturated heterocycles. The van der Waals surface area contributed by atoms with Crippen molar-refractivity contribution in [3.63, 3.8) is 0 Å². The number of urea groups is 1. The van der Waals surface area contributed by atoms with Gasteiger partial charge in [0.2, 0.25) is 5.91 Å².